The van der Waals surface area contributed by atoms with Crippen molar-refractivity contribution in [3.05, 3.63) is 47.6 Å². The van der Waals surface area contributed by atoms with Crippen molar-refractivity contribution in [2.45, 2.75) is 18.2 Å². The smallest absolute Gasteiger partial charge is 0.243 e. The summed E-state index contributed by atoms with van der Waals surface area (Å²) < 4.78 is 27.5. The summed E-state index contributed by atoms with van der Waals surface area (Å²) in [5.41, 5.74) is 1.05. The molecule has 6 nitrogen and oxygen atoms in total. The highest BCUT2D eigenvalue weighted by Gasteiger charge is 2.27. The van der Waals surface area contributed by atoms with Crippen LogP contribution in [0.4, 0.5) is 5.82 Å². The third-order valence-electron chi connectivity index (χ3n) is 4.65. The molecule has 0 bridgehead atoms. The summed E-state index contributed by atoms with van der Waals surface area (Å²) in [7, 11) is -3.46. The van der Waals surface area contributed by atoms with Gasteiger partial charge in [0.1, 0.15) is 17.0 Å². The minimum Gasteiger partial charge on any atom is -0.355 e. The molecular weight excluding hydrogens is 368 g/mol. The molecule has 1 aliphatic rings. The molecule has 0 spiro atoms. The lowest BCUT2D eigenvalue weighted by atomic mass is 10.2. The van der Waals surface area contributed by atoms with Crippen LogP contribution in [0.2, 0.25) is 0 Å². The summed E-state index contributed by atoms with van der Waals surface area (Å²) >= 11 is 1.59. The predicted octanol–water partition coefficient (Wildman–Crippen LogP) is 2.90. The van der Waals surface area contributed by atoms with Gasteiger partial charge in [0.15, 0.2) is 0 Å². The molecule has 8 heteroatoms. The average Bonchev–Trinajstić information content (AvgIpc) is 2.98. The summed E-state index contributed by atoms with van der Waals surface area (Å²) in [6.45, 7) is 4.32. The zero-order chi connectivity index (χ0) is 18.1. The number of fused-ring (bicyclic) bond motifs is 1. The first kappa shape index (κ1) is 17.4. The Kier molecular flexibility index (Phi) is 4.64. The fourth-order valence-corrected chi connectivity index (χ4v) is 5.43. The predicted molar refractivity (Wildman–Crippen MR) is 104 cm³/mol. The average molecular weight is 389 g/mol. The van der Waals surface area contributed by atoms with E-state index >= 15 is 0 Å². The van der Waals surface area contributed by atoms with E-state index in [1.807, 2.05) is 30.5 Å². The SMILES string of the molecule is Cc1ccc(S(=O)(=O)N2CCCN(c3ncnc4sccc34)CC2)cc1. The van der Waals surface area contributed by atoms with Gasteiger partial charge < -0.3 is 4.90 Å². The number of thiophene rings is 1. The van der Waals surface area contributed by atoms with Crippen molar-refractivity contribution >= 4 is 37.4 Å². The Balaban J connectivity index is 1.57. The molecule has 3 aromatic rings. The van der Waals surface area contributed by atoms with Crippen molar-refractivity contribution in [3.63, 3.8) is 0 Å². The van der Waals surface area contributed by atoms with Gasteiger partial charge in [-0.25, -0.2) is 18.4 Å². The maximum Gasteiger partial charge on any atom is 0.243 e. The lowest BCUT2D eigenvalue weighted by Crippen LogP contribution is -2.35. The van der Waals surface area contributed by atoms with Crippen LogP contribution in [0.1, 0.15) is 12.0 Å². The lowest BCUT2D eigenvalue weighted by Gasteiger charge is -2.23. The highest BCUT2D eigenvalue weighted by molar-refractivity contribution is 7.89. The number of benzene rings is 1. The molecule has 1 saturated heterocycles. The number of aromatic nitrogens is 2. The molecule has 1 aliphatic heterocycles. The van der Waals surface area contributed by atoms with Crippen molar-refractivity contribution in [1.29, 1.82) is 0 Å². The maximum atomic E-state index is 12.9. The summed E-state index contributed by atoms with van der Waals surface area (Å²) in [6, 6.07) is 9.08. The Hall–Kier alpha value is -2.03. The van der Waals surface area contributed by atoms with Crippen molar-refractivity contribution in [1.82, 2.24) is 14.3 Å². The zero-order valence-electron chi connectivity index (χ0n) is 14.5. The Labute approximate surface area is 157 Å². The molecule has 0 radical (unpaired) electrons. The van der Waals surface area contributed by atoms with Crippen molar-refractivity contribution in [2.75, 3.05) is 31.1 Å². The molecule has 0 amide bonds. The minimum absolute atomic E-state index is 0.360. The molecule has 0 atom stereocenters. The summed E-state index contributed by atoms with van der Waals surface area (Å²) in [6.07, 6.45) is 2.35. The highest BCUT2D eigenvalue weighted by atomic mass is 32.2. The summed E-state index contributed by atoms with van der Waals surface area (Å²) in [5, 5.41) is 3.04. The molecule has 0 unspecified atom stereocenters. The van der Waals surface area contributed by atoms with Gasteiger partial charge in [-0.05, 0) is 36.9 Å². The van der Waals surface area contributed by atoms with Crippen molar-refractivity contribution < 1.29 is 8.42 Å². The Morgan fingerprint density at radius 1 is 1.00 bits per heavy atom. The second-order valence-corrected chi connectivity index (χ2v) is 9.23. The topological polar surface area (TPSA) is 66.4 Å². The van der Waals surface area contributed by atoms with Gasteiger partial charge in [-0.2, -0.15) is 4.31 Å². The molecule has 0 saturated carbocycles. The molecular formula is C18H20N4O2S2. The molecule has 0 N–H and O–H groups in total. The Bertz CT molecular complexity index is 1020. The molecule has 2 aromatic heterocycles. The van der Waals surface area contributed by atoms with E-state index in [0.717, 1.165) is 34.6 Å². The lowest BCUT2D eigenvalue weighted by molar-refractivity contribution is 0.433. The molecule has 4 rings (SSSR count). The first-order valence-corrected chi connectivity index (χ1v) is 10.9. The third kappa shape index (κ3) is 3.20. The van der Waals surface area contributed by atoms with Crippen LogP contribution in [0.15, 0.2) is 46.9 Å². The van der Waals surface area contributed by atoms with E-state index in [0.29, 0.717) is 24.5 Å². The van der Waals surface area contributed by atoms with E-state index in [2.05, 4.69) is 14.9 Å². The first-order valence-electron chi connectivity index (χ1n) is 8.56. The molecule has 26 heavy (non-hydrogen) atoms. The van der Waals surface area contributed by atoms with Gasteiger partial charge >= 0.3 is 0 Å². The van der Waals surface area contributed by atoms with Crippen LogP contribution >= 0.6 is 11.3 Å². The number of hydrogen-bond donors (Lipinski definition) is 0. The van der Waals surface area contributed by atoms with Gasteiger partial charge in [0.2, 0.25) is 10.0 Å². The van der Waals surface area contributed by atoms with Crippen LogP contribution in [0.25, 0.3) is 10.2 Å². The minimum atomic E-state index is -3.46. The Morgan fingerprint density at radius 3 is 2.62 bits per heavy atom. The number of sulfonamides is 1. The van der Waals surface area contributed by atoms with Gasteiger partial charge in [-0.15, -0.1) is 11.3 Å². The molecule has 0 aliphatic carbocycles. The first-order chi connectivity index (χ1) is 12.6. The quantitative estimate of drug-likeness (QED) is 0.690. The monoisotopic (exact) mass is 388 g/mol. The Morgan fingerprint density at radius 2 is 1.81 bits per heavy atom. The van der Waals surface area contributed by atoms with Crippen LogP contribution in [-0.2, 0) is 10.0 Å². The highest BCUT2D eigenvalue weighted by Crippen LogP contribution is 2.28. The van der Waals surface area contributed by atoms with E-state index in [1.165, 1.54) is 0 Å². The normalized spacial score (nSPS) is 16.7. The fourth-order valence-electron chi connectivity index (χ4n) is 3.23. The van der Waals surface area contributed by atoms with Crippen LogP contribution in [0.3, 0.4) is 0 Å². The van der Waals surface area contributed by atoms with Crippen molar-refractivity contribution in [2.24, 2.45) is 0 Å². The summed E-state index contributed by atoms with van der Waals surface area (Å²) in [5.74, 6) is 0.894. The van der Waals surface area contributed by atoms with Crippen LogP contribution < -0.4 is 4.90 Å². The van der Waals surface area contributed by atoms with Gasteiger partial charge in [0.05, 0.1) is 10.3 Å². The largest absolute Gasteiger partial charge is 0.355 e. The van der Waals surface area contributed by atoms with E-state index in [9.17, 15) is 8.42 Å². The van der Waals surface area contributed by atoms with Gasteiger partial charge in [0, 0.05) is 26.2 Å². The van der Waals surface area contributed by atoms with Crippen LogP contribution in [0, 0.1) is 6.92 Å². The molecule has 1 aromatic carbocycles. The molecule has 3 heterocycles. The third-order valence-corrected chi connectivity index (χ3v) is 7.39. The van der Waals surface area contributed by atoms with Gasteiger partial charge in [-0.3, -0.25) is 0 Å². The molecule has 1 fully saturated rings. The van der Waals surface area contributed by atoms with Crippen molar-refractivity contribution in [3.8, 4) is 0 Å². The second kappa shape index (κ2) is 6.94. The number of rotatable bonds is 3. The fraction of sp³-hybridized carbons (Fsp3) is 0.333. The number of nitrogens with zero attached hydrogens (tertiary/aromatic N) is 4. The summed E-state index contributed by atoms with van der Waals surface area (Å²) in [4.78, 5) is 12.2. The second-order valence-electron chi connectivity index (χ2n) is 6.39. The van der Waals surface area contributed by atoms with Crippen LogP contribution in [0.5, 0.6) is 0 Å². The maximum absolute atomic E-state index is 12.9. The number of aryl methyl sites for hydroxylation is 1. The van der Waals surface area contributed by atoms with E-state index in [1.54, 1.807) is 34.1 Å². The standard InChI is InChI=1S/C18H20N4O2S2/c1-14-3-5-15(6-4-14)26(23,24)22-9-2-8-21(10-11-22)17-16-7-12-25-18(16)20-13-19-17/h3-7,12-13H,2,8-11H2,1H3. The van der Waals surface area contributed by atoms with E-state index in [4.69, 9.17) is 0 Å². The van der Waals surface area contributed by atoms with Gasteiger partial charge in [-0.1, -0.05) is 17.7 Å². The van der Waals surface area contributed by atoms with Gasteiger partial charge in [0.25, 0.3) is 0 Å². The van der Waals surface area contributed by atoms with Crippen LogP contribution in [-0.4, -0.2) is 48.9 Å². The zero-order valence-corrected chi connectivity index (χ0v) is 16.1. The van der Waals surface area contributed by atoms with E-state index < -0.39 is 10.0 Å². The number of hydrogen-bond acceptors (Lipinski definition) is 6. The molecule has 136 valence electrons. The number of anilines is 1. The van der Waals surface area contributed by atoms with E-state index in [-0.39, 0.29) is 0 Å².